The van der Waals surface area contributed by atoms with Gasteiger partial charge in [-0.05, 0) is 30.0 Å². The molecule has 0 bridgehead atoms. The van der Waals surface area contributed by atoms with Gasteiger partial charge in [0.05, 0.1) is 12.7 Å². The zero-order valence-electron chi connectivity index (χ0n) is 10.2. The molecule has 0 radical (unpaired) electrons. The van der Waals surface area contributed by atoms with Gasteiger partial charge in [0.2, 0.25) is 0 Å². The fourth-order valence-corrected chi connectivity index (χ4v) is 1.98. The Morgan fingerprint density at radius 3 is 2.71 bits per heavy atom. The van der Waals surface area contributed by atoms with E-state index in [1.165, 1.54) is 0 Å². The number of nitrogens with one attached hydrogen (secondary N) is 1. The number of rotatable bonds is 3. The van der Waals surface area contributed by atoms with E-state index in [1.54, 1.807) is 25.3 Å². The van der Waals surface area contributed by atoms with Crippen molar-refractivity contribution in [3.05, 3.63) is 28.8 Å². The van der Waals surface area contributed by atoms with Crippen LogP contribution in [0.15, 0.2) is 18.2 Å². The van der Waals surface area contributed by atoms with Crippen LogP contribution in [-0.4, -0.2) is 19.1 Å². The van der Waals surface area contributed by atoms with Gasteiger partial charge in [-0.25, -0.2) is 0 Å². The summed E-state index contributed by atoms with van der Waals surface area (Å²) < 4.78 is 5.16. The maximum Gasteiger partial charge on any atom is 0.255 e. The second-order valence-corrected chi connectivity index (χ2v) is 5.50. The number of hydrogen-bond donors (Lipinski definition) is 1. The molecule has 1 amide bonds. The highest BCUT2D eigenvalue weighted by molar-refractivity contribution is 6.31. The molecule has 1 aromatic rings. The van der Waals surface area contributed by atoms with E-state index in [0.29, 0.717) is 16.3 Å². The van der Waals surface area contributed by atoms with Crippen LogP contribution < -0.4 is 10.1 Å². The highest BCUT2D eigenvalue weighted by Gasteiger charge is 2.46. The number of carbonyl (C=O) groups excluding carboxylic acids is 1. The van der Waals surface area contributed by atoms with E-state index in [4.69, 9.17) is 16.3 Å². The summed E-state index contributed by atoms with van der Waals surface area (Å²) in [5.41, 5.74) is 0.698. The molecule has 0 aliphatic heterocycles. The molecule has 1 atom stereocenters. The van der Waals surface area contributed by atoms with Crippen molar-refractivity contribution in [3.8, 4) is 5.75 Å². The van der Waals surface area contributed by atoms with Crippen LogP contribution in [0.1, 0.15) is 30.6 Å². The molecule has 1 aliphatic rings. The standard InChI is InChI=1S/C13H16ClNO2/c1-13(2)7-11(13)15-12(16)9-6-8(14)4-5-10(9)17-3/h4-6,11H,7H2,1-3H3,(H,15,16). The number of hydrogen-bond acceptors (Lipinski definition) is 2. The van der Waals surface area contributed by atoms with Crippen LogP contribution in [-0.2, 0) is 0 Å². The quantitative estimate of drug-likeness (QED) is 0.900. The summed E-state index contributed by atoms with van der Waals surface area (Å²) in [7, 11) is 1.54. The van der Waals surface area contributed by atoms with E-state index >= 15 is 0 Å². The number of amides is 1. The molecule has 1 aliphatic carbocycles. The molecule has 0 heterocycles. The lowest BCUT2D eigenvalue weighted by Gasteiger charge is -2.10. The molecule has 1 fully saturated rings. The largest absolute Gasteiger partial charge is 0.496 e. The Bertz CT molecular complexity index is 457. The van der Waals surface area contributed by atoms with E-state index in [-0.39, 0.29) is 17.4 Å². The molecule has 1 N–H and O–H groups in total. The predicted octanol–water partition coefficient (Wildman–Crippen LogP) is 2.88. The zero-order chi connectivity index (χ0) is 12.6. The first kappa shape index (κ1) is 12.2. The summed E-state index contributed by atoms with van der Waals surface area (Å²) in [5, 5.41) is 3.52. The van der Waals surface area contributed by atoms with Crippen molar-refractivity contribution in [2.45, 2.75) is 26.3 Å². The Morgan fingerprint density at radius 1 is 1.53 bits per heavy atom. The van der Waals surface area contributed by atoms with Crippen molar-refractivity contribution >= 4 is 17.5 Å². The average Bonchev–Trinajstić information content (AvgIpc) is 2.85. The van der Waals surface area contributed by atoms with Crippen molar-refractivity contribution in [1.29, 1.82) is 0 Å². The minimum Gasteiger partial charge on any atom is -0.496 e. The van der Waals surface area contributed by atoms with Crippen LogP contribution in [0.25, 0.3) is 0 Å². The maximum atomic E-state index is 12.1. The Balaban J connectivity index is 2.16. The molecule has 1 saturated carbocycles. The van der Waals surface area contributed by atoms with E-state index in [9.17, 15) is 4.79 Å². The molecular formula is C13H16ClNO2. The Labute approximate surface area is 106 Å². The van der Waals surface area contributed by atoms with E-state index in [2.05, 4.69) is 19.2 Å². The van der Waals surface area contributed by atoms with Gasteiger partial charge >= 0.3 is 0 Å². The van der Waals surface area contributed by atoms with E-state index in [0.717, 1.165) is 6.42 Å². The van der Waals surface area contributed by atoms with Crippen molar-refractivity contribution in [3.63, 3.8) is 0 Å². The molecular weight excluding hydrogens is 238 g/mol. The van der Waals surface area contributed by atoms with Gasteiger partial charge < -0.3 is 10.1 Å². The molecule has 1 unspecified atom stereocenters. The van der Waals surface area contributed by atoms with Gasteiger partial charge in [0.15, 0.2) is 0 Å². The van der Waals surface area contributed by atoms with Crippen LogP contribution >= 0.6 is 11.6 Å². The first-order valence-corrected chi connectivity index (χ1v) is 5.96. The summed E-state index contributed by atoms with van der Waals surface area (Å²) >= 11 is 5.89. The molecule has 2 rings (SSSR count). The van der Waals surface area contributed by atoms with Gasteiger partial charge in [-0.2, -0.15) is 0 Å². The summed E-state index contributed by atoms with van der Waals surface area (Å²) in [6.45, 7) is 4.26. The van der Waals surface area contributed by atoms with Crippen LogP contribution in [0, 0.1) is 5.41 Å². The molecule has 3 nitrogen and oxygen atoms in total. The Kier molecular flexibility index (Phi) is 3.04. The fourth-order valence-electron chi connectivity index (χ4n) is 1.81. The van der Waals surface area contributed by atoms with Crippen molar-refractivity contribution in [1.82, 2.24) is 5.32 Å². The predicted molar refractivity (Wildman–Crippen MR) is 67.7 cm³/mol. The Morgan fingerprint density at radius 2 is 2.18 bits per heavy atom. The smallest absolute Gasteiger partial charge is 0.255 e. The van der Waals surface area contributed by atoms with Gasteiger partial charge in [-0.3, -0.25) is 4.79 Å². The summed E-state index contributed by atoms with van der Waals surface area (Å²) in [4.78, 5) is 12.1. The molecule has 92 valence electrons. The van der Waals surface area contributed by atoms with Gasteiger partial charge in [0.25, 0.3) is 5.91 Å². The minimum atomic E-state index is -0.125. The van der Waals surface area contributed by atoms with Gasteiger partial charge in [-0.15, -0.1) is 0 Å². The molecule has 0 saturated heterocycles. The minimum absolute atomic E-state index is 0.125. The molecule has 4 heteroatoms. The number of benzene rings is 1. The van der Waals surface area contributed by atoms with Crippen LogP contribution in [0.5, 0.6) is 5.75 Å². The Hall–Kier alpha value is -1.22. The van der Waals surface area contributed by atoms with Crippen molar-refractivity contribution in [2.24, 2.45) is 5.41 Å². The number of carbonyl (C=O) groups is 1. The lowest BCUT2D eigenvalue weighted by molar-refractivity contribution is 0.0943. The third-order valence-corrected chi connectivity index (χ3v) is 3.46. The average molecular weight is 254 g/mol. The van der Waals surface area contributed by atoms with Crippen LogP contribution in [0.3, 0.4) is 0 Å². The molecule has 1 aromatic carbocycles. The monoisotopic (exact) mass is 253 g/mol. The first-order chi connectivity index (χ1) is 7.94. The lowest BCUT2D eigenvalue weighted by Crippen LogP contribution is -2.28. The third kappa shape index (κ3) is 2.55. The SMILES string of the molecule is COc1ccc(Cl)cc1C(=O)NC1CC1(C)C. The molecule has 17 heavy (non-hydrogen) atoms. The maximum absolute atomic E-state index is 12.1. The summed E-state index contributed by atoms with van der Waals surface area (Å²) in [6, 6.07) is 5.29. The van der Waals surface area contributed by atoms with Crippen molar-refractivity contribution in [2.75, 3.05) is 7.11 Å². The van der Waals surface area contributed by atoms with Gasteiger partial charge in [0, 0.05) is 11.1 Å². The number of ether oxygens (including phenoxy) is 1. The molecule has 0 spiro atoms. The highest BCUT2D eigenvalue weighted by Crippen LogP contribution is 2.44. The highest BCUT2D eigenvalue weighted by atomic mass is 35.5. The van der Waals surface area contributed by atoms with Crippen LogP contribution in [0.4, 0.5) is 0 Å². The third-order valence-electron chi connectivity index (χ3n) is 3.22. The lowest BCUT2D eigenvalue weighted by atomic mass is 10.1. The van der Waals surface area contributed by atoms with E-state index < -0.39 is 0 Å². The second kappa shape index (κ2) is 4.22. The summed E-state index contributed by atoms with van der Waals surface area (Å²) in [6.07, 6.45) is 1.02. The number of halogens is 1. The topological polar surface area (TPSA) is 38.3 Å². The van der Waals surface area contributed by atoms with E-state index in [1.807, 2.05) is 0 Å². The van der Waals surface area contributed by atoms with Crippen LogP contribution in [0.2, 0.25) is 5.02 Å². The molecule has 0 aromatic heterocycles. The van der Waals surface area contributed by atoms with Crippen molar-refractivity contribution < 1.29 is 9.53 Å². The second-order valence-electron chi connectivity index (χ2n) is 5.06. The summed E-state index contributed by atoms with van der Waals surface area (Å²) in [5.74, 6) is 0.422. The fraction of sp³-hybridized carbons (Fsp3) is 0.462. The first-order valence-electron chi connectivity index (χ1n) is 5.58. The van der Waals surface area contributed by atoms with Gasteiger partial charge in [0.1, 0.15) is 5.75 Å². The zero-order valence-corrected chi connectivity index (χ0v) is 11.0. The van der Waals surface area contributed by atoms with Gasteiger partial charge in [-0.1, -0.05) is 25.4 Å². The number of methoxy groups -OCH3 is 1. The normalized spacial score (nSPS) is 20.8.